The standard InChI is InChI=1S/C11H19NO/c1-8-6-7-9-4-3-5-10(9)12(2)11(8)13/h8-10H,3-7H2,1-2H3. The zero-order valence-corrected chi connectivity index (χ0v) is 8.62. The summed E-state index contributed by atoms with van der Waals surface area (Å²) >= 11 is 0. The van der Waals surface area contributed by atoms with Gasteiger partial charge in [0.1, 0.15) is 0 Å². The second-order valence-electron chi connectivity index (χ2n) is 4.69. The van der Waals surface area contributed by atoms with Crippen LogP contribution in [-0.4, -0.2) is 23.9 Å². The van der Waals surface area contributed by atoms with Crippen molar-refractivity contribution in [2.24, 2.45) is 11.8 Å². The maximum Gasteiger partial charge on any atom is 0.225 e. The third-order valence-electron chi connectivity index (χ3n) is 3.86. The highest BCUT2D eigenvalue weighted by molar-refractivity contribution is 5.78. The smallest absolute Gasteiger partial charge is 0.225 e. The first kappa shape index (κ1) is 9.04. The molecule has 0 aromatic rings. The Bertz CT molecular complexity index is 214. The van der Waals surface area contributed by atoms with Gasteiger partial charge in [0.05, 0.1) is 0 Å². The van der Waals surface area contributed by atoms with Crippen molar-refractivity contribution in [1.82, 2.24) is 4.90 Å². The zero-order valence-electron chi connectivity index (χ0n) is 8.62. The Balaban J connectivity index is 2.16. The van der Waals surface area contributed by atoms with Gasteiger partial charge in [-0.3, -0.25) is 4.79 Å². The van der Waals surface area contributed by atoms with Crippen molar-refractivity contribution in [2.75, 3.05) is 7.05 Å². The second-order valence-corrected chi connectivity index (χ2v) is 4.69. The molecule has 1 saturated heterocycles. The third kappa shape index (κ3) is 1.47. The fourth-order valence-corrected chi connectivity index (χ4v) is 2.96. The molecule has 3 atom stereocenters. The van der Waals surface area contributed by atoms with Crippen molar-refractivity contribution in [3.63, 3.8) is 0 Å². The molecule has 2 heteroatoms. The molecule has 74 valence electrons. The molecule has 1 heterocycles. The molecular weight excluding hydrogens is 162 g/mol. The lowest BCUT2D eigenvalue weighted by atomic mass is 9.96. The van der Waals surface area contributed by atoms with Gasteiger partial charge in [-0.15, -0.1) is 0 Å². The number of hydrogen-bond donors (Lipinski definition) is 0. The fraction of sp³-hybridized carbons (Fsp3) is 0.909. The van der Waals surface area contributed by atoms with Crippen LogP contribution in [0.3, 0.4) is 0 Å². The van der Waals surface area contributed by atoms with Gasteiger partial charge in [0.25, 0.3) is 0 Å². The van der Waals surface area contributed by atoms with Crippen molar-refractivity contribution >= 4 is 5.91 Å². The molecule has 2 nitrogen and oxygen atoms in total. The molecule has 2 aliphatic rings. The Hall–Kier alpha value is -0.530. The maximum absolute atomic E-state index is 11.8. The molecule has 0 radical (unpaired) electrons. The van der Waals surface area contributed by atoms with Gasteiger partial charge in [0.15, 0.2) is 0 Å². The summed E-state index contributed by atoms with van der Waals surface area (Å²) in [6.45, 7) is 2.07. The van der Waals surface area contributed by atoms with Gasteiger partial charge in [-0.1, -0.05) is 13.3 Å². The third-order valence-corrected chi connectivity index (χ3v) is 3.86. The van der Waals surface area contributed by atoms with Gasteiger partial charge in [0.2, 0.25) is 5.91 Å². The number of fused-ring (bicyclic) bond motifs is 1. The van der Waals surface area contributed by atoms with E-state index in [2.05, 4.69) is 6.92 Å². The Kier molecular flexibility index (Phi) is 2.31. The lowest BCUT2D eigenvalue weighted by Crippen LogP contribution is -2.39. The van der Waals surface area contributed by atoms with Crippen molar-refractivity contribution in [3.8, 4) is 0 Å². The highest BCUT2D eigenvalue weighted by atomic mass is 16.2. The Morgan fingerprint density at radius 1 is 1.23 bits per heavy atom. The Morgan fingerprint density at radius 2 is 2.00 bits per heavy atom. The van der Waals surface area contributed by atoms with Gasteiger partial charge in [-0.05, 0) is 31.6 Å². The van der Waals surface area contributed by atoms with Crippen molar-refractivity contribution in [3.05, 3.63) is 0 Å². The minimum absolute atomic E-state index is 0.260. The number of rotatable bonds is 0. The lowest BCUT2D eigenvalue weighted by Gasteiger charge is -2.27. The van der Waals surface area contributed by atoms with Crippen LogP contribution in [-0.2, 0) is 4.79 Å². The van der Waals surface area contributed by atoms with Crippen LogP contribution in [0.2, 0.25) is 0 Å². The average molecular weight is 181 g/mol. The Labute approximate surface area is 80.3 Å². The Morgan fingerprint density at radius 3 is 2.77 bits per heavy atom. The molecule has 2 rings (SSSR count). The van der Waals surface area contributed by atoms with Crippen molar-refractivity contribution in [2.45, 2.75) is 45.1 Å². The molecule has 0 N–H and O–H groups in total. The largest absolute Gasteiger partial charge is 0.342 e. The van der Waals surface area contributed by atoms with Gasteiger partial charge < -0.3 is 4.90 Å². The van der Waals surface area contributed by atoms with E-state index in [1.807, 2.05) is 11.9 Å². The minimum Gasteiger partial charge on any atom is -0.342 e. The van der Waals surface area contributed by atoms with E-state index < -0.39 is 0 Å². The molecule has 1 amide bonds. The molecule has 0 aromatic carbocycles. The number of likely N-dealkylation sites (tertiary alicyclic amines) is 1. The SMILES string of the molecule is CC1CCC2CCCC2N(C)C1=O. The number of nitrogens with zero attached hydrogens (tertiary/aromatic N) is 1. The summed E-state index contributed by atoms with van der Waals surface area (Å²) in [5.41, 5.74) is 0. The van der Waals surface area contributed by atoms with Crippen LogP contribution in [0.4, 0.5) is 0 Å². The van der Waals surface area contributed by atoms with Crippen LogP contribution >= 0.6 is 0 Å². The van der Waals surface area contributed by atoms with E-state index in [9.17, 15) is 4.79 Å². The molecule has 0 aromatic heterocycles. The van der Waals surface area contributed by atoms with Gasteiger partial charge in [-0.2, -0.15) is 0 Å². The molecule has 1 aliphatic carbocycles. The topological polar surface area (TPSA) is 20.3 Å². The molecule has 0 bridgehead atoms. The minimum atomic E-state index is 0.260. The molecule has 2 fully saturated rings. The van der Waals surface area contributed by atoms with E-state index in [4.69, 9.17) is 0 Å². The van der Waals surface area contributed by atoms with E-state index in [1.165, 1.54) is 25.7 Å². The van der Waals surface area contributed by atoms with Crippen LogP contribution < -0.4 is 0 Å². The first-order valence-corrected chi connectivity index (χ1v) is 5.47. The van der Waals surface area contributed by atoms with Gasteiger partial charge >= 0.3 is 0 Å². The van der Waals surface area contributed by atoms with E-state index in [0.717, 1.165) is 12.3 Å². The highest BCUT2D eigenvalue weighted by Gasteiger charge is 2.36. The number of amides is 1. The summed E-state index contributed by atoms with van der Waals surface area (Å²) in [7, 11) is 1.99. The van der Waals surface area contributed by atoms with E-state index in [1.54, 1.807) is 0 Å². The van der Waals surface area contributed by atoms with Gasteiger partial charge in [0, 0.05) is 19.0 Å². The van der Waals surface area contributed by atoms with E-state index >= 15 is 0 Å². The summed E-state index contributed by atoms with van der Waals surface area (Å²) in [6.07, 6.45) is 6.27. The first-order valence-electron chi connectivity index (χ1n) is 5.47. The molecule has 13 heavy (non-hydrogen) atoms. The highest BCUT2D eigenvalue weighted by Crippen LogP contribution is 2.36. The van der Waals surface area contributed by atoms with Crippen molar-refractivity contribution in [1.29, 1.82) is 0 Å². The van der Waals surface area contributed by atoms with Gasteiger partial charge in [-0.25, -0.2) is 0 Å². The van der Waals surface area contributed by atoms with E-state index in [0.29, 0.717) is 11.9 Å². The molecule has 1 aliphatic heterocycles. The van der Waals surface area contributed by atoms with Crippen LogP contribution in [0.15, 0.2) is 0 Å². The predicted octanol–water partition coefficient (Wildman–Crippen LogP) is 2.04. The van der Waals surface area contributed by atoms with E-state index in [-0.39, 0.29) is 5.92 Å². The maximum atomic E-state index is 11.8. The normalized spacial score (nSPS) is 40.3. The van der Waals surface area contributed by atoms with Crippen LogP contribution in [0, 0.1) is 11.8 Å². The summed E-state index contributed by atoms with van der Waals surface area (Å²) < 4.78 is 0. The summed E-state index contributed by atoms with van der Waals surface area (Å²) in [4.78, 5) is 13.8. The summed E-state index contributed by atoms with van der Waals surface area (Å²) in [6, 6.07) is 0.567. The fourth-order valence-electron chi connectivity index (χ4n) is 2.96. The first-order chi connectivity index (χ1) is 6.20. The summed E-state index contributed by atoms with van der Waals surface area (Å²) in [5.74, 6) is 1.43. The zero-order chi connectivity index (χ0) is 9.42. The predicted molar refractivity (Wildman–Crippen MR) is 52.3 cm³/mol. The average Bonchev–Trinajstić information content (AvgIpc) is 2.56. The second kappa shape index (κ2) is 3.32. The lowest BCUT2D eigenvalue weighted by molar-refractivity contribution is -0.135. The van der Waals surface area contributed by atoms with Crippen LogP contribution in [0.5, 0.6) is 0 Å². The number of carbonyl (C=O) groups is 1. The molecule has 3 unspecified atom stereocenters. The van der Waals surface area contributed by atoms with Crippen LogP contribution in [0.1, 0.15) is 39.0 Å². The molecule has 1 saturated carbocycles. The molecule has 0 spiro atoms. The monoisotopic (exact) mass is 181 g/mol. The van der Waals surface area contributed by atoms with Crippen molar-refractivity contribution < 1.29 is 4.79 Å². The number of carbonyl (C=O) groups excluding carboxylic acids is 1. The molecular formula is C11H19NO. The summed E-state index contributed by atoms with van der Waals surface area (Å²) in [5, 5.41) is 0. The quantitative estimate of drug-likeness (QED) is 0.560. The number of hydrogen-bond acceptors (Lipinski definition) is 1. The van der Waals surface area contributed by atoms with Crippen LogP contribution in [0.25, 0.3) is 0 Å².